The van der Waals surface area contributed by atoms with Crippen molar-refractivity contribution in [2.75, 3.05) is 0 Å². The van der Waals surface area contributed by atoms with E-state index in [4.69, 9.17) is 0 Å². The number of Topliss-reactive ketones (excluding diaryl/α,β-unsaturated/α-hetero) is 3. The van der Waals surface area contributed by atoms with Gasteiger partial charge in [-0.3, -0.25) is 14.4 Å². The Morgan fingerprint density at radius 2 is 1.56 bits per heavy atom. The van der Waals surface area contributed by atoms with Crippen molar-refractivity contribution in [3.63, 3.8) is 0 Å². The van der Waals surface area contributed by atoms with Gasteiger partial charge in [0.05, 0.1) is 5.92 Å². The summed E-state index contributed by atoms with van der Waals surface area (Å²) >= 11 is 0. The molecule has 4 nitrogen and oxygen atoms in total. The van der Waals surface area contributed by atoms with E-state index in [1.54, 1.807) is 13.8 Å². The fourth-order valence-electron chi connectivity index (χ4n) is 5.91. The number of carbonyl (C=O) groups excluding carboxylic acids is 3. The van der Waals surface area contributed by atoms with Crippen molar-refractivity contribution in [1.29, 1.82) is 0 Å². The first kappa shape index (κ1) is 28.0. The van der Waals surface area contributed by atoms with Crippen LogP contribution in [0.5, 0.6) is 0 Å². The summed E-state index contributed by atoms with van der Waals surface area (Å²) in [6.07, 6.45) is 8.80. The van der Waals surface area contributed by atoms with Gasteiger partial charge in [0, 0.05) is 11.5 Å². The average molecular weight is 469 g/mol. The summed E-state index contributed by atoms with van der Waals surface area (Å²) in [5, 5.41) is 11.8. The van der Waals surface area contributed by atoms with Gasteiger partial charge in [-0.25, -0.2) is 0 Å². The molecule has 2 aliphatic carbocycles. The van der Waals surface area contributed by atoms with Gasteiger partial charge in [-0.1, -0.05) is 55.7 Å². The molecule has 2 rings (SSSR count). The monoisotopic (exact) mass is 468 g/mol. The Kier molecular flexibility index (Phi) is 8.72. The molecule has 0 unspecified atom stereocenters. The third-order valence-electron chi connectivity index (χ3n) is 7.85. The maximum atomic E-state index is 14.1. The van der Waals surface area contributed by atoms with E-state index >= 15 is 0 Å². The fraction of sp³-hybridized carbons (Fsp3) is 0.633. The first-order valence-corrected chi connectivity index (χ1v) is 12.7. The number of aliphatic hydroxyl groups excluding tert-OH is 1. The predicted molar refractivity (Wildman–Crippen MR) is 138 cm³/mol. The number of carbonyl (C=O) groups is 3. The summed E-state index contributed by atoms with van der Waals surface area (Å²) in [5.41, 5.74) is 1.12. The lowest BCUT2D eigenvalue weighted by molar-refractivity contribution is -0.169. The number of rotatable bonds is 9. The molecule has 2 bridgehead atoms. The predicted octanol–water partition coefficient (Wildman–Crippen LogP) is 7.26. The molecule has 4 heteroatoms. The summed E-state index contributed by atoms with van der Waals surface area (Å²) in [6.45, 7) is 17.6. The minimum Gasteiger partial charge on any atom is -0.510 e. The van der Waals surface area contributed by atoms with Crippen molar-refractivity contribution in [2.24, 2.45) is 28.6 Å². The smallest absolute Gasteiger partial charge is 0.173 e. The highest BCUT2D eigenvalue weighted by atomic mass is 16.3. The highest BCUT2D eigenvalue weighted by Crippen LogP contribution is 2.64. The van der Waals surface area contributed by atoms with Gasteiger partial charge in [-0.2, -0.15) is 0 Å². The lowest BCUT2D eigenvalue weighted by Gasteiger charge is -2.58. The van der Waals surface area contributed by atoms with Gasteiger partial charge in [-0.15, -0.1) is 0 Å². The zero-order chi connectivity index (χ0) is 26.0. The number of allylic oxidation sites excluding steroid dienone is 8. The Balaban J connectivity index is 2.90. The minimum absolute atomic E-state index is 0.0746. The van der Waals surface area contributed by atoms with Crippen LogP contribution in [0.25, 0.3) is 0 Å². The number of hydrogen-bond donors (Lipinski definition) is 1. The Morgan fingerprint density at radius 1 is 1.00 bits per heavy atom. The summed E-state index contributed by atoms with van der Waals surface area (Å²) in [5.74, 6) is -2.63. The van der Waals surface area contributed by atoms with Crippen molar-refractivity contribution < 1.29 is 19.5 Å². The van der Waals surface area contributed by atoms with Crippen LogP contribution in [0.1, 0.15) is 94.4 Å². The molecule has 0 amide bonds. The second-order valence-corrected chi connectivity index (χ2v) is 11.6. The van der Waals surface area contributed by atoms with Gasteiger partial charge < -0.3 is 5.11 Å². The van der Waals surface area contributed by atoms with E-state index in [1.165, 1.54) is 5.57 Å². The number of aliphatic hydroxyl groups is 1. The van der Waals surface area contributed by atoms with Crippen LogP contribution in [-0.4, -0.2) is 22.5 Å². The number of ketones is 3. The normalized spacial score (nSPS) is 28.6. The Morgan fingerprint density at radius 3 is 2.06 bits per heavy atom. The first-order valence-electron chi connectivity index (χ1n) is 12.7. The van der Waals surface area contributed by atoms with Crippen LogP contribution in [0.2, 0.25) is 0 Å². The Hall–Kier alpha value is -2.23. The highest BCUT2D eigenvalue weighted by Gasteiger charge is 2.71. The van der Waals surface area contributed by atoms with Crippen molar-refractivity contribution in [3.8, 4) is 0 Å². The van der Waals surface area contributed by atoms with Crippen LogP contribution < -0.4 is 0 Å². The summed E-state index contributed by atoms with van der Waals surface area (Å²) in [7, 11) is 0. The molecule has 188 valence electrons. The quantitative estimate of drug-likeness (QED) is 0.285. The summed E-state index contributed by atoms with van der Waals surface area (Å²) in [6, 6.07) is 0. The molecule has 0 aromatic heterocycles. The van der Waals surface area contributed by atoms with E-state index in [1.807, 2.05) is 54.5 Å². The SMILES string of the molecule is CC(C)=CCC[C@]1(C)[C@@H](CC=C(C)C)C[C@H]2C(=O)C(CC=C(C)C)=C(O)[C@]1(C(=O)C(C)C)C2=O. The molecule has 0 spiro atoms. The van der Waals surface area contributed by atoms with Gasteiger partial charge in [-0.05, 0) is 85.0 Å². The zero-order valence-electron chi connectivity index (χ0n) is 22.7. The zero-order valence-corrected chi connectivity index (χ0v) is 22.7. The van der Waals surface area contributed by atoms with E-state index < -0.39 is 22.7 Å². The number of fused-ring (bicyclic) bond motifs is 2. The van der Waals surface area contributed by atoms with Gasteiger partial charge in [0.15, 0.2) is 22.8 Å². The van der Waals surface area contributed by atoms with Crippen LogP contribution in [0.4, 0.5) is 0 Å². The lowest BCUT2D eigenvalue weighted by atomic mass is 9.42. The van der Waals surface area contributed by atoms with Gasteiger partial charge in [0.1, 0.15) is 5.76 Å². The third-order valence-corrected chi connectivity index (χ3v) is 7.85. The number of hydrogen-bond acceptors (Lipinski definition) is 4. The van der Waals surface area contributed by atoms with Crippen molar-refractivity contribution in [2.45, 2.75) is 94.4 Å². The van der Waals surface area contributed by atoms with Crippen LogP contribution in [0.15, 0.2) is 46.3 Å². The molecule has 1 fully saturated rings. The topological polar surface area (TPSA) is 71.4 Å². The van der Waals surface area contributed by atoms with E-state index in [9.17, 15) is 19.5 Å². The molecule has 4 atom stereocenters. The Labute approximate surface area is 206 Å². The molecule has 0 aliphatic heterocycles. The van der Waals surface area contributed by atoms with Crippen molar-refractivity contribution in [3.05, 3.63) is 46.3 Å². The van der Waals surface area contributed by atoms with Crippen molar-refractivity contribution in [1.82, 2.24) is 0 Å². The standard InChI is InChI=1S/C30H44O4/c1-18(2)11-10-16-29(9)22(14-12-19(3)4)17-24-25(31)23(15-13-20(5)6)27(33)30(29,28(24)34)26(32)21(7)8/h11-13,21-22,24,33H,10,14-17H2,1-9H3/t22-,24-,29+,30+/m0/s1. The molecular formula is C30H44O4. The second-order valence-electron chi connectivity index (χ2n) is 11.6. The lowest BCUT2D eigenvalue weighted by Crippen LogP contribution is -2.66. The molecule has 2 aliphatic rings. The largest absolute Gasteiger partial charge is 0.510 e. The maximum absolute atomic E-state index is 14.1. The summed E-state index contributed by atoms with van der Waals surface area (Å²) < 4.78 is 0. The van der Waals surface area contributed by atoms with E-state index in [2.05, 4.69) is 12.2 Å². The van der Waals surface area contributed by atoms with Crippen LogP contribution in [0, 0.1) is 28.6 Å². The molecule has 0 radical (unpaired) electrons. The van der Waals surface area contributed by atoms with Crippen molar-refractivity contribution >= 4 is 17.3 Å². The molecular weight excluding hydrogens is 424 g/mol. The van der Waals surface area contributed by atoms with Crippen LogP contribution in [-0.2, 0) is 14.4 Å². The first-order chi connectivity index (χ1) is 15.7. The molecule has 1 saturated carbocycles. The molecule has 0 aromatic carbocycles. The fourth-order valence-corrected chi connectivity index (χ4v) is 5.91. The van der Waals surface area contributed by atoms with Crippen LogP contribution >= 0.6 is 0 Å². The molecule has 0 aromatic rings. The van der Waals surface area contributed by atoms with Gasteiger partial charge in [0.2, 0.25) is 0 Å². The van der Waals surface area contributed by atoms with E-state index in [0.29, 0.717) is 25.7 Å². The van der Waals surface area contributed by atoms with Gasteiger partial charge in [0.25, 0.3) is 0 Å². The van der Waals surface area contributed by atoms with Crippen LogP contribution in [0.3, 0.4) is 0 Å². The second kappa shape index (κ2) is 10.6. The third kappa shape index (κ3) is 4.78. The molecule has 0 heterocycles. The molecule has 0 saturated heterocycles. The summed E-state index contributed by atoms with van der Waals surface area (Å²) in [4.78, 5) is 41.7. The van der Waals surface area contributed by atoms with E-state index in [-0.39, 0.29) is 41.0 Å². The van der Waals surface area contributed by atoms with E-state index in [0.717, 1.165) is 11.1 Å². The highest BCUT2D eigenvalue weighted by molar-refractivity contribution is 6.24. The molecule has 1 N–H and O–H groups in total. The van der Waals surface area contributed by atoms with Gasteiger partial charge >= 0.3 is 0 Å². The maximum Gasteiger partial charge on any atom is 0.173 e. The minimum atomic E-state index is -1.68. The average Bonchev–Trinajstić information content (AvgIpc) is 2.71. The molecule has 34 heavy (non-hydrogen) atoms. The Bertz CT molecular complexity index is 962.